The van der Waals surface area contributed by atoms with Crippen LogP contribution in [0.1, 0.15) is 40.7 Å². The van der Waals surface area contributed by atoms with E-state index in [0.717, 1.165) is 37.9 Å². The van der Waals surface area contributed by atoms with Gasteiger partial charge in [-0.2, -0.15) is 4.31 Å². The number of fused-ring (bicyclic) bond motifs is 1. The topological polar surface area (TPSA) is 98.8 Å². The van der Waals surface area contributed by atoms with E-state index >= 15 is 0 Å². The third-order valence-electron chi connectivity index (χ3n) is 6.01. The Morgan fingerprint density at radius 1 is 0.969 bits per heavy atom. The molecular formula is C23H28N4O4S. The van der Waals surface area contributed by atoms with Gasteiger partial charge in [-0.3, -0.25) is 20.4 Å². The van der Waals surface area contributed by atoms with Crippen LogP contribution in [0.25, 0.3) is 0 Å². The smallest absolute Gasteiger partial charge is 0.269 e. The van der Waals surface area contributed by atoms with E-state index in [1.54, 1.807) is 13.0 Å². The first kappa shape index (κ1) is 22.3. The van der Waals surface area contributed by atoms with Crippen molar-refractivity contribution in [3.63, 3.8) is 0 Å². The second-order valence-electron chi connectivity index (χ2n) is 8.24. The zero-order valence-corrected chi connectivity index (χ0v) is 19.0. The first-order valence-corrected chi connectivity index (χ1v) is 12.3. The highest BCUT2D eigenvalue weighted by Crippen LogP contribution is 2.26. The average Bonchev–Trinajstić information content (AvgIpc) is 3.34. The van der Waals surface area contributed by atoms with Crippen molar-refractivity contribution in [2.45, 2.75) is 37.5 Å². The number of amides is 2. The van der Waals surface area contributed by atoms with E-state index in [-0.39, 0.29) is 22.9 Å². The lowest BCUT2D eigenvalue weighted by atomic mass is 10.0. The third kappa shape index (κ3) is 4.63. The second kappa shape index (κ2) is 9.30. The fourth-order valence-corrected chi connectivity index (χ4v) is 5.81. The van der Waals surface area contributed by atoms with E-state index in [0.29, 0.717) is 18.7 Å². The van der Waals surface area contributed by atoms with Crippen molar-refractivity contribution in [3.8, 4) is 0 Å². The van der Waals surface area contributed by atoms with Crippen LogP contribution in [0.15, 0.2) is 47.4 Å². The highest BCUT2D eigenvalue weighted by atomic mass is 32.2. The molecule has 0 unspecified atom stereocenters. The number of nitrogens with one attached hydrogen (secondary N) is 2. The molecule has 0 aliphatic carbocycles. The Hall–Kier alpha value is -2.91. The summed E-state index contributed by atoms with van der Waals surface area (Å²) < 4.78 is 27.1. The summed E-state index contributed by atoms with van der Waals surface area (Å²) >= 11 is 0. The summed E-state index contributed by atoms with van der Waals surface area (Å²) in [6.45, 7) is 3.61. The van der Waals surface area contributed by atoms with E-state index in [2.05, 4.69) is 16.9 Å². The Bertz CT molecular complexity index is 1130. The number of carbonyl (C=O) groups excluding carboxylic acids is 2. The molecule has 32 heavy (non-hydrogen) atoms. The highest BCUT2D eigenvalue weighted by molar-refractivity contribution is 7.89. The molecule has 0 spiro atoms. The Morgan fingerprint density at radius 2 is 1.72 bits per heavy atom. The minimum atomic E-state index is -3.63. The molecule has 2 aromatic rings. The minimum Gasteiger partial charge on any atom is -0.362 e. The maximum atomic E-state index is 12.8. The van der Waals surface area contributed by atoms with Gasteiger partial charge in [-0.05, 0) is 61.9 Å². The summed E-state index contributed by atoms with van der Waals surface area (Å²) in [5, 5.41) is 0. The van der Waals surface area contributed by atoms with Crippen LogP contribution in [-0.4, -0.2) is 50.7 Å². The van der Waals surface area contributed by atoms with Gasteiger partial charge in [0.05, 0.1) is 11.4 Å². The molecule has 2 N–H and O–H groups in total. The van der Waals surface area contributed by atoms with E-state index in [1.165, 1.54) is 22.0 Å². The molecule has 1 fully saturated rings. The van der Waals surface area contributed by atoms with Crippen molar-refractivity contribution in [2.24, 2.45) is 0 Å². The molecule has 1 saturated heterocycles. The lowest BCUT2D eigenvalue weighted by Gasteiger charge is -2.30. The molecule has 2 heterocycles. The van der Waals surface area contributed by atoms with Crippen LogP contribution in [0.5, 0.6) is 0 Å². The van der Waals surface area contributed by atoms with Crippen molar-refractivity contribution in [3.05, 3.63) is 59.2 Å². The molecule has 4 rings (SSSR count). The lowest BCUT2D eigenvalue weighted by molar-refractivity contribution is -0.120. The van der Waals surface area contributed by atoms with Gasteiger partial charge in [0.2, 0.25) is 10.0 Å². The molecular weight excluding hydrogens is 428 g/mol. The Labute approximate surface area is 188 Å². The van der Waals surface area contributed by atoms with Gasteiger partial charge in [-0.15, -0.1) is 0 Å². The van der Waals surface area contributed by atoms with Gasteiger partial charge >= 0.3 is 0 Å². The first-order chi connectivity index (χ1) is 15.4. The molecule has 2 aliphatic heterocycles. The fraction of sp³-hybridized carbons (Fsp3) is 0.391. The Morgan fingerprint density at radius 3 is 2.50 bits per heavy atom. The summed E-state index contributed by atoms with van der Waals surface area (Å²) in [5.41, 5.74) is 7.98. The number of hydrazine groups is 1. The lowest BCUT2D eigenvalue weighted by Crippen LogP contribution is -2.47. The predicted molar refractivity (Wildman–Crippen MR) is 122 cm³/mol. The molecule has 8 nitrogen and oxygen atoms in total. The van der Waals surface area contributed by atoms with E-state index < -0.39 is 15.9 Å². The van der Waals surface area contributed by atoms with Crippen LogP contribution < -0.4 is 15.8 Å². The van der Waals surface area contributed by atoms with Gasteiger partial charge in [-0.25, -0.2) is 8.42 Å². The molecule has 0 saturated carbocycles. The summed E-state index contributed by atoms with van der Waals surface area (Å²) in [4.78, 5) is 27.3. The largest absolute Gasteiger partial charge is 0.362 e. The summed E-state index contributed by atoms with van der Waals surface area (Å²) in [7, 11) is -3.63. The van der Waals surface area contributed by atoms with E-state index in [4.69, 9.17) is 0 Å². The zero-order valence-electron chi connectivity index (χ0n) is 18.1. The molecule has 2 amide bonds. The normalized spacial score (nSPS) is 16.5. The summed E-state index contributed by atoms with van der Waals surface area (Å²) in [6, 6.07) is 12.5. The van der Waals surface area contributed by atoms with Crippen LogP contribution in [-0.2, 0) is 21.2 Å². The molecule has 9 heteroatoms. The van der Waals surface area contributed by atoms with Gasteiger partial charge in [0.1, 0.15) is 0 Å². The maximum Gasteiger partial charge on any atom is 0.269 e. The van der Waals surface area contributed by atoms with Crippen molar-refractivity contribution >= 4 is 27.5 Å². The number of hydrogen-bond acceptors (Lipinski definition) is 5. The number of nitrogens with zero attached hydrogens (tertiary/aromatic N) is 2. The molecule has 2 aromatic carbocycles. The number of sulfonamides is 1. The summed E-state index contributed by atoms with van der Waals surface area (Å²) in [5.74, 6) is -0.887. The Kier molecular flexibility index (Phi) is 6.48. The van der Waals surface area contributed by atoms with Crippen molar-refractivity contribution in [1.82, 2.24) is 15.2 Å². The number of rotatable bonds is 5. The number of benzene rings is 2. The molecule has 0 radical (unpaired) electrons. The fourth-order valence-electron chi connectivity index (χ4n) is 4.27. The molecule has 0 bridgehead atoms. The van der Waals surface area contributed by atoms with Gasteiger partial charge < -0.3 is 4.90 Å². The Balaban J connectivity index is 1.41. The van der Waals surface area contributed by atoms with E-state index in [1.807, 2.05) is 23.1 Å². The number of aryl methyl sites for hydroxylation is 2. The summed E-state index contributed by atoms with van der Waals surface area (Å²) in [6.07, 6.45) is 3.63. The number of anilines is 1. The molecule has 0 aromatic heterocycles. The van der Waals surface area contributed by atoms with Gasteiger partial charge in [0, 0.05) is 30.9 Å². The van der Waals surface area contributed by atoms with Crippen molar-refractivity contribution in [1.29, 1.82) is 0 Å². The zero-order chi connectivity index (χ0) is 22.7. The van der Waals surface area contributed by atoms with Crippen LogP contribution in [0.4, 0.5) is 5.69 Å². The van der Waals surface area contributed by atoms with Crippen LogP contribution in [0.2, 0.25) is 0 Å². The van der Waals surface area contributed by atoms with Crippen LogP contribution in [0, 0.1) is 6.92 Å². The number of hydrogen-bond donors (Lipinski definition) is 2. The molecule has 170 valence electrons. The van der Waals surface area contributed by atoms with Crippen LogP contribution in [0.3, 0.4) is 0 Å². The van der Waals surface area contributed by atoms with Crippen molar-refractivity contribution < 1.29 is 18.0 Å². The maximum absolute atomic E-state index is 12.8. The second-order valence-corrected chi connectivity index (χ2v) is 10.2. The van der Waals surface area contributed by atoms with E-state index in [9.17, 15) is 18.0 Å². The van der Waals surface area contributed by atoms with Crippen molar-refractivity contribution in [2.75, 3.05) is 31.1 Å². The first-order valence-electron chi connectivity index (χ1n) is 10.9. The van der Waals surface area contributed by atoms with Gasteiger partial charge in [0.15, 0.2) is 0 Å². The van der Waals surface area contributed by atoms with Gasteiger partial charge in [-0.1, -0.05) is 24.3 Å². The SMILES string of the molecule is Cc1ccc(S(=O)(=O)N2CCCC2)cc1C(=O)NNC(=O)CN1CCCc2ccccc21. The minimum absolute atomic E-state index is 0.0893. The predicted octanol–water partition coefficient (Wildman–Crippen LogP) is 1.99. The monoisotopic (exact) mass is 456 g/mol. The number of para-hydroxylation sites is 1. The quantitative estimate of drug-likeness (QED) is 0.671. The van der Waals surface area contributed by atoms with Gasteiger partial charge in [0.25, 0.3) is 11.8 Å². The standard InChI is InChI=1S/C23H28N4O4S/c1-17-10-11-19(32(30,31)27-13-4-5-14-27)15-20(17)23(29)25-24-22(28)16-26-12-6-8-18-7-2-3-9-21(18)26/h2-3,7,9-11,15H,4-6,8,12-14,16H2,1H3,(H,24,28)(H,25,29). The third-order valence-corrected chi connectivity index (χ3v) is 7.91. The highest BCUT2D eigenvalue weighted by Gasteiger charge is 2.28. The van der Waals surface area contributed by atoms with Crippen LogP contribution >= 0.6 is 0 Å². The number of carbonyl (C=O) groups is 2. The average molecular weight is 457 g/mol. The molecule has 0 atom stereocenters. The molecule has 2 aliphatic rings.